The molecule has 0 fully saturated rings. The van der Waals surface area contributed by atoms with E-state index in [-0.39, 0.29) is 12.4 Å². The molecule has 0 aliphatic carbocycles. The van der Waals surface area contributed by atoms with E-state index in [9.17, 15) is 9.90 Å². The fourth-order valence-electron chi connectivity index (χ4n) is 1.88. The van der Waals surface area contributed by atoms with Crippen LogP contribution in [0.4, 0.5) is 0 Å². The molecule has 0 aliphatic rings. The molecule has 1 N–H and O–H groups in total. The molecule has 0 saturated carbocycles. The number of carbonyl (C=O) groups is 1. The van der Waals surface area contributed by atoms with E-state index in [4.69, 9.17) is 17.0 Å². The summed E-state index contributed by atoms with van der Waals surface area (Å²) in [6.07, 6.45) is 0. The maximum atomic E-state index is 11.4. The average molecular weight is 312 g/mol. The lowest BCUT2D eigenvalue weighted by Gasteiger charge is -2.09. The van der Waals surface area contributed by atoms with Crippen molar-refractivity contribution in [2.24, 2.45) is 0 Å². The van der Waals surface area contributed by atoms with Gasteiger partial charge in [-0.15, -0.1) is 0 Å². The first-order valence-corrected chi connectivity index (χ1v) is 7.14. The number of rotatable bonds is 5. The smallest absolute Gasteiger partial charge is 0.333 e. The Morgan fingerprint density at radius 3 is 2.50 bits per heavy atom. The van der Waals surface area contributed by atoms with Crippen molar-refractivity contribution in [3.8, 4) is 5.75 Å². The molecule has 2 aromatic rings. The Hall–Kier alpha value is -2.46. The maximum absolute atomic E-state index is 11.4. The molecule has 0 heterocycles. The lowest BCUT2D eigenvalue weighted by atomic mass is 10.0. The molecule has 112 valence electrons. The van der Waals surface area contributed by atoms with Crippen molar-refractivity contribution in [2.75, 3.05) is 0 Å². The molecule has 2 aromatic carbocycles. The number of hydrogen-bond acceptors (Lipinski definition) is 4. The number of thiocarbonyl (C=S) groups is 1. The summed E-state index contributed by atoms with van der Waals surface area (Å²) in [5, 5.41) is 10.2. The largest absolute Gasteiger partial charge is 0.507 e. The van der Waals surface area contributed by atoms with Crippen molar-refractivity contribution in [1.82, 2.24) is 0 Å². The Morgan fingerprint density at radius 2 is 1.91 bits per heavy atom. The lowest BCUT2D eigenvalue weighted by Crippen LogP contribution is -2.05. The summed E-state index contributed by atoms with van der Waals surface area (Å²) in [5.41, 5.74) is 2.48. The molecule has 0 saturated heterocycles. The Morgan fingerprint density at radius 1 is 1.23 bits per heavy atom. The third-order valence-corrected chi connectivity index (χ3v) is 3.52. The summed E-state index contributed by atoms with van der Waals surface area (Å²) in [7, 11) is 0. The number of ether oxygens (including phenoxy) is 1. The summed E-state index contributed by atoms with van der Waals surface area (Å²) in [6.45, 7) is 5.18. The first-order chi connectivity index (χ1) is 10.5. The van der Waals surface area contributed by atoms with Crippen LogP contribution in [0.1, 0.15) is 23.6 Å². The van der Waals surface area contributed by atoms with Crippen LogP contribution in [0.5, 0.6) is 5.75 Å². The molecule has 22 heavy (non-hydrogen) atoms. The molecule has 0 aromatic heterocycles. The number of aromatic hydroxyl groups is 1. The van der Waals surface area contributed by atoms with Crippen molar-refractivity contribution in [1.29, 1.82) is 0 Å². The second-order valence-electron chi connectivity index (χ2n) is 4.90. The van der Waals surface area contributed by atoms with Crippen LogP contribution in [0.25, 0.3) is 0 Å². The molecule has 0 spiro atoms. The van der Waals surface area contributed by atoms with Crippen LogP contribution in [0.2, 0.25) is 0 Å². The zero-order valence-corrected chi connectivity index (χ0v) is 13.0. The second-order valence-corrected chi connectivity index (χ2v) is 5.31. The summed E-state index contributed by atoms with van der Waals surface area (Å²) in [6, 6.07) is 14.5. The van der Waals surface area contributed by atoms with Crippen LogP contribution in [0.15, 0.2) is 60.7 Å². The van der Waals surface area contributed by atoms with E-state index in [1.54, 1.807) is 25.1 Å². The van der Waals surface area contributed by atoms with E-state index < -0.39 is 5.97 Å². The predicted molar refractivity (Wildman–Crippen MR) is 90.0 cm³/mol. The van der Waals surface area contributed by atoms with E-state index in [1.807, 2.05) is 30.3 Å². The molecule has 0 radical (unpaired) electrons. The van der Waals surface area contributed by atoms with E-state index in [0.717, 1.165) is 5.56 Å². The lowest BCUT2D eigenvalue weighted by molar-refractivity contribution is -0.140. The van der Waals surface area contributed by atoms with E-state index in [2.05, 4.69) is 6.58 Å². The summed E-state index contributed by atoms with van der Waals surface area (Å²) >= 11 is 5.40. The van der Waals surface area contributed by atoms with Crippen LogP contribution in [-0.4, -0.2) is 15.9 Å². The van der Waals surface area contributed by atoms with E-state index >= 15 is 0 Å². The van der Waals surface area contributed by atoms with E-state index in [0.29, 0.717) is 21.6 Å². The highest BCUT2D eigenvalue weighted by Crippen LogP contribution is 2.23. The highest BCUT2D eigenvalue weighted by Gasteiger charge is 2.11. The van der Waals surface area contributed by atoms with Gasteiger partial charge in [0.1, 0.15) is 12.4 Å². The Balaban J connectivity index is 2.15. The number of benzene rings is 2. The Labute approximate surface area is 134 Å². The van der Waals surface area contributed by atoms with Crippen LogP contribution in [-0.2, 0) is 16.1 Å². The normalized spacial score (nSPS) is 10.0. The molecule has 2 rings (SSSR count). The zero-order valence-electron chi connectivity index (χ0n) is 12.2. The SMILES string of the molecule is C=C(C)C(=O)OCc1ccc(C(=S)c2ccccc2)c(O)c1. The molecule has 3 nitrogen and oxygen atoms in total. The van der Waals surface area contributed by atoms with Crippen LogP contribution < -0.4 is 0 Å². The van der Waals surface area contributed by atoms with Crippen LogP contribution in [0.3, 0.4) is 0 Å². The molecule has 0 bridgehead atoms. The molecular weight excluding hydrogens is 296 g/mol. The summed E-state index contributed by atoms with van der Waals surface area (Å²) in [5.74, 6) is -0.388. The van der Waals surface area contributed by atoms with Gasteiger partial charge in [-0.25, -0.2) is 4.79 Å². The highest BCUT2D eigenvalue weighted by atomic mass is 32.1. The van der Waals surface area contributed by atoms with Gasteiger partial charge in [-0.2, -0.15) is 0 Å². The standard InChI is InChI=1S/C18H16O3S/c1-12(2)18(20)21-11-13-8-9-15(16(19)10-13)17(22)14-6-4-3-5-7-14/h3-10,19H,1,11H2,2H3. The fraction of sp³-hybridized carbons (Fsp3) is 0.111. The number of phenolic OH excluding ortho intramolecular Hbond substituents is 1. The summed E-state index contributed by atoms with van der Waals surface area (Å²) in [4.78, 5) is 11.9. The topological polar surface area (TPSA) is 46.5 Å². The van der Waals surface area contributed by atoms with Crippen molar-refractivity contribution in [2.45, 2.75) is 13.5 Å². The van der Waals surface area contributed by atoms with Crippen molar-refractivity contribution >= 4 is 23.1 Å². The third-order valence-electron chi connectivity index (χ3n) is 3.06. The number of esters is 1. The first kappa shape index (κ1) is 15.9. The van der Waals surface area contributed by atoms with Gasteiger partial charge < -0.3 is 9.84 Å². The fourth-order valence-corrected chi connectivity index (χ4v) is 2.18. The molecule has 0 atom stereocenters. The van der Waals surface area contributed by atoms with E-state index in [1.165, 1.54) is 0 Å². The minimum Gasteiger partial charge on any atom is -0.507 e. The van der Waals surface area contributed by atoms with Gasteiger partial charge in [-0.05, 0) is 30.2 Å². The van der Waals surface area contributed by atoms with Crippen LogP contribution in [0, 0.1) is 0 Å². The van der Waals surface area contributed by atoms with Gasteiger partial charge in [0.25, 0.3) is 0 Å². The van der Waals surface area contributed by atoms with Gasteiger partial charge in [-0.1, -0.05) is 55.2 Å². The monoisotopic (exact) mass is 312 g/mol. The number of hydrogen-bond donors (Lipinski definition) is 1. The maximum Gasteiger partial charge on any atom is 0.333 e. The average Bonchev–Trinajstić information content (AvgIpc) is 2.52. The minimum atomic E-state index is -0.455. The van der Waals surface area contributed by atoms with Crippen molar-refractivity contribution in [3.05, 3.63) is 77.4 Å². The molecular formula is C18H16O3S. The highest BCUT2D eigenvalue weighted by molar-refractivity contribution is 7.81. The third kappa shape index (κ3) is 3.80. The van der Waals surface area contributed by atoms with Crippen LogP contribution >= 0.6 is 12.2 Å². The first-order valence-electron chi connectivity index (χ1n) is 6.73. The van der Waals surface area contributed by atoms with Crippen molar-refractivity contribution < 1.29 is 14.6 Å². The molecule has 0 amide bonds. The van der Waals surface area contributed by atoms with Crippen molar-refractivity contribution in [3.63, 3.8) is 0 Å². The Bertz CT molecular complexity index is 720. The Kier molecular flexibility index (Phi) is 5.07. The zero-order chi connectivity index (χ0) is 16.1. The second kappa shape index (κ2) is 7.00. The molecule has 4 heteroatoms. The predicted octanol–water partition coefficient (Wildman–Crippen LogP) is 3.78. The number of carbonyl (C=O) groups excluding carboxylic acids is 1. The quantitative estimate of drug-likeness (QED) is 0.395. The van der Waals surface area contributed by atoms with Gasteiger partial charge >= 0.3 is 5.97 Å². The summed E-state index contributed by atoms with van der Waals surface area (Å²) < 4.78 is 5.05. The number of phenols is 1. The molecule has 0 unspecified atom stereocenters. The van der Waals surface area contributed by atoms with Gasteiger partial charge in [0.2, 0.25) is 0 Å². The van der Waals surface area contributed by atoms with Gasteiger partial charge in [0.15, 0.2) is 0 Å². The van der Waals surface area contributed by atoms with Gasteiger partial charge in [0.05, 0.1) is 4.86 Å². The van der Waals surface area contributed by atoms with Gasteiger partial charge in [-0.3, -0.25) is 0 Å². The van der Waals surface area contributed by atoms with Gasteiger partial charge in [0, 0.05) is 11.1 Å². The minimum absolute atomic E-state index is 0.0673. The molecule has 0 aliphatic heterocycles.